The van der Waals surface area contributed by atoms with Gasteiger partial charge in [-0.3, -0.25) is 4.90 Å². The molecule has 0 spiro atoms. The van der Waals surface area contributed by atoms with Crippen LogP contribution in [0.15, 0.2) is 18.3 Å². The quantitative estimate of drug-likeness (QED) is 0.860. The fourth-order valence-corrected chi connectivity index (χ4v) is 2.52. The Kier molecular flexibility index (Phi) is 9.75. The molecule has 0 radical (unpaired) electrons. The second-order valence-electron chi connectivity index (χ2n) is 4.50. The summed E-state index contributed by atoms with van der Waals surface area (Å²) in [6, 6.07) is 4.49. The lowest BCUT2D eigenvalue weighted by molar-refractivity contribution is 0.164. The van der Waals surface area contributed by atoms with Gasteiger partial charge in [-0.15, -0.1) is 24.8 Å². The molecule has 1 atom stereocenters. The third kappa shape index (κ3) is 5.44. The van der Waals surface area contributed by atoms with Crippen molar-refractivity contribution < 1.29 is 0 Å². The average Bonchev–Trinajstić information content (AvgIpc) is 2.38. The molecule has 0 aliphatic carbocycles. The van der Waals surface area contributed by atoms with E-state index in [9.17, 15) is 0 Å². The van der Waals surface area contributed by atoms with Crippen molar-refractivity contribution >= 4 is 36.4 Å². The number of nitrogens with one attached hydrogen (secondary N) is 1. The molecule has 19 heavy (non-hydrogen) atoms. The van der Waals surface area contributed by atoms with E-state index in [1.165, 1.54) is 18.4 Å². The third-order valence-corrected chi connectivity index (χ3v) is 3.51. The first-order valence-electron chi connectivity index (χ1n) is 6.37. The van der Waals surface area contributed by atoms with Gasteiger partial charge in [0, 0.05) is 38.4 Å². The SMILES string of the molecule is CCC[C@@H](c1ccc(Cl)nc1)N1CCNCC1.Cl.Cl. The highest BCUT2D eigenvalue weighted by Crippen LogP contribution is 2.26. The fourth-order valence-electron chi connectivity index (χ4n) is 2.41. The monoisotopic (exact) mass is 325 g/mol. The second-order valence-corrected chi connectivity index (χ2v) is 4.89. The van der Waals surface area contributed by atoms with Gasteiger partial charge in [0.05, 0.1) is 0 Å². The molecule has 1 N–H and O–H groups in total. The van der Waals surface area contributed by atoms with Crippen molar-refractivity contribution in [1.29, 1.82) is 0 Å². The maximum atomic E-state index is 5.84. The zero-order chi connectivity index (χ0) is 12.1. The minimum absolute atomic E-state index is 0. The summed E-state index contributed by atoms with van der Waals surface area (Å²) in [6.45, 7) is 6.64. The van der Waals surface area contributed by atoms with Gasteiger partial charge in [0.15, 0.2) is 0 Å². The Labute approximate surface area is 132 Å². The van der Waals surface area contributed by atoms with E-state index in [0.717, 1.165) is 26.2 Å². The molecule has 110 valence electrons. The molecule has 0 saturated carbocycles. The smallest absolute Gasteiger partial charge is 0.129 e. The summed E-state index contributed by atoms with van der Waals surface area (Å²) in [5, 5.41) is 3.97. The lowest BCUT2D eigenvalue weighted by Crippen LogP contribution is -2.45. The highest BCUT2D eigenvalue weighted by molar-refractivity contribution is 6.29. The predicted molar refractivity (Wildman–Crippen MR) is 85.8 cm³/mol. The van der Waals surface area contributed by atoms with Crippen LogP contribution in [0.2, 0.25) is 5.15 Å². The van der Waals surface area contributed by atoms with Crippen molar-refractivity contribution in [3.05, 3.63) is 29.0 Å². The number of halogens is 3. The Hall–Kier alpha value is -0.0600. The van der Waals surface area contributed by atoms with Crippen molar-refractivity contribution in [3.63, 3.8) is 0 Å². The van der Waals surface area contributed by atoms with Gasteiger partial charge in [-0.2, -0.15) is 0 Å². The Bertz CT molecular complexity index is 339. The summed E-state index contributed by atoms with van der Waals surface area (Å²) in [6.07, 6.45) is 4.30. The summed E-state index contributed by atoms with van der Waals surface area (Å²) >= 11 is 5.84. The van der Waals surface area contributed by atoms with Crippen LogP contribution < -0.4 is 5.32 Å². The number of hydrogen-bond acceptors (Lipinski definition) is 3. The molecule has 0 aromatic carbocycles. The lowest BCUT2D eigenvalue weighted by Gasteiger charge is -2.35. The van der Waals surface area contributed by atoms with Crippen molar-refractivity contribution in [2.75, 3.05) is 26.2 Å². The van der Waals surface area contributed by atoms with Crippen LogP contribution in [0.3, 0.4) is 0 Å². The first-order valence-corrected chi connectivity index (χ1v) is 6.75. The molecule has 2 rings (SSSR count). The van der Waals surface area contributed by atoms with Gasteiger partial charge >= 0.3 is 0 Å². The maximum Gasteiger partial charge on any atom is 0.129 e. The van der Waals surface area contributed by atoms with Gasteiger partial charge in [0.1, 0.15) is 5.15 Å². The molecule has 1 fully saturated rings. The van der Waals surface area contributed by atoms with Gasteiger partial charge in [0.2, 0.25) is 0 Å². The van der Waals surface area contributed by atoms with E-state index in [1.807, 2.05) is 12.3 Å². The minimum Gasteiger partial charge on any atom is -0.314 e. The molecule has 0 amide bonds. The van der Waals surface area contributed by atoms with Crippen LogP contribution in [0.5, 0.6) is 0 Å². The topological polar surface area (TPSA) is 28.2 Å². The van der Waals surface area contributed by atoms with E-state index in [1.54, 1.807) is 0 Å². The summed E-state index contributed by atoms with van der Waals surface area (Å²) < 4.78 is 0. The van der Waals surface area contributed by atoms with E-state index in [-0.39, 0.29) is 24.8 Å². The summed E-state index contributed by atoms with van der Waals surface area (Å²) in [7, 11) is 0. The Morgan fingerprint density at radius 3 is 2.53 bits per heavy atom. The molecule has 6 heteroatoms. The van der Waals surface area contributed by atoms with E-state index in [2.05, 4.69) is 28.2 Å². The Morgan fingerprint density at radius 1 is 1.32 bits per heavy atom. The molecule has 0 unspecified atom stereocenters. The van der Waals surface area contributed by atoms with Crippen LogP contribution in [-0.4, -0.2) is 36.1 Å². The van der Waals surface area contributed by atoms with E-state index < -0.39 is 0 Å². The number of aromatic nitrogens is 1. The van der Waals surface area contributed by atoms with Gasteiger partial charge in [0.25, 0.3) is 0 Å². The molecule has 1 saturated heterocycles. The van der Waals surface area contributed by atoms with Crippen LogP contribution in [-0.2, 0) is 0 Å². The van der Waals surface area contributed by atoms with Crippen LogP contribution >= 0.6 is 36.4 Å². The normalized spacial score (nSPS) is 17.2. The Balaban J connectivity index is 0.00000162. The molecule has 1 aromatic rings. The molecule has 1 aliphatic rings. The Morgan fingerprint density at radius 2 is 2.00 bits per heavy atom. The number of rotatable bonds is 4. The van der Waals surface area contributed by atoms with Crippen LogP contribution in [0.4, 0.5) is 0 Å². The highest BCUT2D eigenvalue weighted by Gasteiger charge is 2.21. The minimum atomic E-state index is 0. The number of nitrogens with zero attached hydrogens (tertiary/aromatic N) is 2. The van der Waals surface area contributed by atoms with Crippen molar-refractivity contribution in [1.82, 2.24) is 15.2 Å². The van der Waals surface area contributed by atoms with E-state index in [0.29, 0.717) is 11.2 Å². The molecular weight excluding hydrogens is 305 g/mol. The fraction of sp³-hybridized carbons (Fsp3) is 0.615. The summed E-state index contributed by atoms with van der Waals surface area (Å²) in [5.74, 6) is 0. The maximum absolute atomic E-state index is 5.84. The zero-order valence-electron chi connectivity index (χ0n) is 11.1. The molecule has 1 aliphatic heterocycles. The second kappa shape index (κ2) is 9.78. The molecule has 1 aromatic heterocycles. The van der Waals surface area contributed by atoms with Gasteiger partial charge < -0.3 is 5.32 Å². The standard InChI is InChI=1S/C13H20ClN3.2ClH/c1-2-3-12(17-8-6-15-7-9-17)11-4-5-13(14)16-10-11;;/h4-5,10,12,15H,2-3,6-9H2,1H3;2*1H/t12-;;/m0../s1. The first-order chi connectivity index (χ1) is 8.31. The molecular formula is C13H22Cl3N3. The zero-order valence-corrected chi connectivity index (χ0v) is 13.5. The highest BCUT2D eigenvalue weighted by atomic mass is 35.5. The van der Waals surface area contributed by atoms with Crippen molar-refractivity contribution in [3.8, 4) is 0 Å². The summed E-state index contributed by atoms with van der Waals surface area (Å²) in [4.78, 5) is 6.75. The van der Waals surface area contributed by atoms with E-state index >= 15 is 0 Å². The van der Waals surface area contributed by atoms with Crippen LogP contribution in [0.25, 0.3) is 0 Å². The van der Waals surface area contributed by atoms with Gasteiger partial charge in [-0.25, -0.2) is 4.98 Å². The van der Waals surface area contributed by atoms with Crippen molar-refractivity contribution in [2.45, 2.75) is 25.8 Å². The largest absolute Gasteiger partial charge is 0.314 e. The number of pyridine rings is 1. The third-order valence-electron chi connectivity index (χ3n) is 3.29. The molecule has 3 nitrogen and oxygen atoms in total. The van der Waals surface area contributed by atoms with E-state index in [4.69, 9.17) is 11.6 Å². The van der Waals surface area contributed by atoms with Crippen molar-refractivity contribution in [2.24, 2.45) is 0 Å². The predicted octanol–water partition coefficient (Wildman–Crippen LogP) is 3.33. The average molecular weight is 327 g/mol. The van der Waals surface area contributed by atoms with Crippen LogP contribution in [0, 0.1) is 0 Å². The molecule has 0 bridgehead atoms. The molecule has 2 heterocycles. The number of hydrogen-bond donors (Lipinski definition) is 1. The lowest BCUT2D eigenvalue weighted by atomic mass is 10.0. The van der Waals surface area contributed by atoms with Gasteiger partial charge in [-0.05, 0) is 18.1 Å². The summed E-state index contributed by atoms with van der Waals surface area (Å²) in [5.41, 5.74) is 1.29. The number of piperazine rings is 1. The first kappa shape index (κ1) is 18.9. The van der Waals surface area contributed by atoms with Crippen LogP contribution in [0.1, 0.15) is 31.4 Å². The van der Waals surface area contributed by atoms with Gasteiger partial charge in [-0.1, -0.05) is 31.0 Å².